The van der Waals surface area contributed by atoms with Gasteiger partial charge in [0.25, 0.3) is 0 Å². The minimum absolute atomic E-state index is 0.364. The number of para-hydroxylation sites is 1. The van der Waals surface area contributed by atoms with Crippen molar-refractivity contribution in [2.75, 3.05) is 6.61 Å². The van der Waals surface area contributed by atoms with E-state index in [9.17, 15) is 4.79 Å². The molecule has 1 aromatic carbocycles. The fourth-order valence-corrected chi connectivity index (χ4v) is 1.31. The molecule has 0 saturated heterocycles. The van der Waals surface area contributed by atoms with E-state index in [-0.39, 0.29) is 0 Å². The third-order valence-electron chi connectivity index (χ3n) is 2.29. The maximum absolute atomic E-state index is 11.5. The van der Waals surface area contributed by atoms with Crippen LogP contribution in [-0.2, 0) is 14.5 Å². The Bertz CT molecular complexity index is 400. The summed E-state index contributed by atoms with van der Waals surface area (Å²) >= 11 is 5.86. The highest BCUT2D eigenvalue weighted by Gasteiger charge is 2.14. The van der Waals surface area contributed by atoms with Gasteiger partial charge in [-0.3, -0.25) is 4.79 Å². The number of ether oxygens (including phenoxy) is 1. The van der Waals surface area contributed by atoms with Crippen molar-refractivity contribution in [3.63, 3.8) is 0 Å². The van der Waals surface area contributed by atoms with Gasteiger partial charge in [-0.1, -0.05) is 42.1 Å². The summed E-state index contributed by atoms with van der Waals surface area (Å²) in [5.74, 6) is -0.0283. The Labute approximate surface area is 117 Å². The summed E-state index contributed by atoms with van der Waals surface area (Å²) in [5, 5.41) is 0.419. The highest BCUT2D eigenvalue weighted by atomic mass is 35.5. The molecule has 0 amide bonds. The van der Waals surface area contributed by atoms with Crippen LogP contribution >= 0.6 is 11.6 Å². The number of esters is 1. The van der Waals surface area contributed by atoms with Gasteiger partial charge in [0, 0.05) is 0 Å². The molecule has 0 bridgehead atoms. The average molecular weight is 288 g/mol. The van der Waals surface area contributed by atoms with Crippen molar-refractivity contribution in [1.29, 1.82) is 0 Å². The number of hydroxylamine groups is 1. The van der Waals surface area contributed by atoms with Crippen molar-refractivity contribution in [1.82, 2.24) is 5.48 Å². The summed E-state index contributed by atoms with van der Waals surface area (Å²) in [4.78, 5) is 21.2. The number of carbonyl (C=O) groups excluding carboxylic acids is 1. The van der Waals surface area contributed by atoms with Gasteiger partial charge in [0.15, 0.2) is 5.75 Å². The van der Waals surface area contributed by atoms with Crippen LogP contribution in [0, 0.1) is 0 Å². The van der Waals surface area contributed by atoms with Crippen LogP contribution in [0.4, 0.5) is 0 Å². The minimum atomic E-state index is -0.626. The van der Waals surface area contributed by atoms with Gasteiger partial charge in [0.2, 0.25) is 0 Å². The first-order valence-electron chi connectivity index (χ1n) is 6.15. The van der Waals surface area contributed by atoms with E-state index in [0.717, 1.165) is 12.8 Å². The first-order chi connectivity index (χ1) is 9.15. The van der Waals surface area contributed by atoms with E-state index in [2.05, 4.69) is 5.48 Å². The number of unbranched alkanes of at least 4 members (excludes halogenated alkanes) is 1. The van der Waals surface area contributed by atoms with Crippen LogP contribution in [0.2, 0.25) is 5.02 Å². The maximum atomic E-state index is 11.5. The molecule has 1 rings (SSSR count). The van der Waals surface area contributed by atoms with E-state index in [4.69, 9.17) is 26.2 Å². The van der Waals surface area contributed by atoms with Gasteiger partial charge in [0.05, 0.1) is 11.6 Å². The average Bonchev–Trinajstić information content (AvgIpc) is 2.41. The Balaban J connectivity index is 2.25. The molecule has 0 unspecified atom stereocenters. The molecule has 0 spiro atoms. The second kappa shape index (κ2) is 8.74. The smallest absolute Gasteiger partial charge is 0.325 e. The van der Waals surface area contributed by atoms with E-state index in [1.165, 1.54) is 0 Å². The lowest BCUT2D eigenvalue weighted by Gasteiger charge is -2.12. The van der Waals surface area contributed by atoms with E-state index in [1.807, 2.05) is 6.92 Å². The summed E-state index contributed by atoms with van der Waals surface area (Å²) in [6, 6.07) is 6.22. The molecule has 0 aliphatic carbocycles. The quantitative estimate of drug-likeness (QED) is 0.345. The molecule has 106 valence electrons. The number of carbonyl (C=O) groups is 1. The molecule has 0 aromatic heterocycles. The van der Waals surface area contributed by atoms with Gasteiger partial charge in [0.1, 0.15) is 6.04 Å². The van der Waals surface area contributed by atoms with E-state index in [0.29, 0.717) is 17.4 Å². The zero-order valence-electron chi connectivity index (χ0n) is 11.0. The summed E-state index contributed by atoms with van der Waals surface area (Å²) in [7, 11) is 0. The monoisotopic (exact) mass is 287 g/mol. The van der Waals surface area contributed by atoms with Crippen LogP contribution in [0.25, 0.3) is 0 Å². The van der Waals surface area contributed by atoms with Crippen molar-refractivity contribution in [3.8, 4) is 5.75 Å². The molecule has 0 aliphatic rings. The topological polar surface area (TPSA) is 56.8 Å². The fourth-order valence-electron chi connectivity index (χ4n) is 1.14. The molecule has 6 heteroatoms. The lowest BCUT2D eigenvalue weighted by molar-refractivity contribution is -0.265. The van der Waals surface area contributed by atoms with Gasteiger partial charge < -0.3 is 9.62 Å². The predicted octanol–water partition coefficient (Wildman–Crippen LogP) is 2.89. The van der Waals surface area contributed by atoms with Gasteiger partial charge in [-0.15, -0.1) is 5.48 Å². The van der Waals surface area contributed by atoms with E-state index < -0.39 is 12.0 Å². The molecule has 19 heavy (non-hydrogen) atoms. The predicted molar refractivity (Wildman–Crippen MR) is 71.6 cm³/mol. The molecule has 5 nitrogen and oxygen atoms in total. The second-order valence-electron chi connectivity index (χ2n) is 3.96. The van der Waals surface area contributed by atoms with Gasteiger partial charge in [-0.05, 0) is 25.5 Å². The van der Waals surface area contributed by atoms with Crippen molar-refractivity contribution in [3.05, 3.63) is 29.3 Å². The molecule has 0 fully saturated rings. The van der Waals surface area contributed by atoms with Crippen molar-refractivity contribution >= 4 is 17.6 Å². The standard InChI is InChI=1S/C13H18ClNO4/c1-3-4-9-17-13(16)10(2)15-19-18-12-8-6-5-7-11(12)14/h5-8,10,15H,3-4,9H2,1-2H3/t10-/m0/s1. The summed E-state index contributed by atoms with van der Waals surface area (Å²) < 4.78 is 5.01. The summed E-state index contributed by atoms with van der Waals surface area (Å²) in [6.45, 7) is 4.05. The first-order valence-corrected chi connectivity index (χ1v) is 6.53. The Kier molecular flexibility index (Phi) is 7.25. The molecule has 1 atom stereocenters. The van der Waals surface area contributed by atoms with Crippen LogP contribution in [0.3, 0.4) is 0 Å². The second-order valence-corrected chi connectivity index (χ2v) is 4.36. The third kappa shape index (κ3) is 5.92. The lowest BCUT2D eigenvalue weighted by Crippen LogP contribution is -2.36. The van der Waals surface area contributed by atoms with E-state index in [1.54, 1.807) is 31.2 Å². The SMILES string of the molecule is CCCCOC(=O)[C@H](C)NOOc1ccccc1Cl. The summed E-state index contributed by atoms with van der Waals surface area (Å²) in [5.41, 5.74) is 2.43. The summed E-state index contributed by atoms with van der Waals surface area (Å²) in [6.07, 6.45) is 1.82. The van der Waals surface area contributed by atoms with Crippen molar-refractivity contribution in [2.45, 2.75) is 32.7 Å². The number of hydrogen-bond donors (Lipinski definition) is 1. The van der Waals surface area contributed by atoms with E-state index >= 15 is 0 Å². The Morgan fingerprint density at radius 3 is 2.84 bits per heavy atom. The number of benzene rings is 1. The van der Waals surface area contributed by atoms with Gasteiger partial charge in [-0.2, -0.15) is 0 Å². The number of nitrogens with one attached hydrogen (secondary N) is 1. The highest BCUT2D eigenvalue weighted by Crippen LogP contribution is 2.22. The number of halogens is 1. The maximum Gasteiger partial charge on any atom is 0.325 e. The van der Waals surface area contributed by atoms with Crippen LogP contribution in [0.5, 0.6) is 5.75 Å². The van der Waals surface area contributed by atoms with Crippen LogP contribution < -0.4 is 10.4 Å². The fraction of sp³-hybridized carbons (Fsp3) is 0.462. The largest absolute Gasteiger partial charge is 0.464 e. The van der Waals surface area contributed by atoms with Crippen LogP contribution in [-0.4, -0.2) is 18.6 Å². The van der Waals surface area contributed by atoms with Gasteiger partial charge in [-0.25, -0.2) is 0 Å². The molecule has 0 saturated carbocycles. The number of rotatable bonds is 8. The third-order valence-corrected chi connectivity index (χ3v) is 2.60. The highest BCUT2D eigenvalue weighted by molar-refractivity contribution is 6.32. The van der Waals surface area contributed by atoms with Crippen LogP contribution in [0.1, 0.15) is 26.7 Å². The normalized spacial score (nSPS) is 11.9. The molecule has 1 N–H and O–H groups in total. The zero-order chi connectivity index (χ0) is 14.1. The van der Waals surface area contributed by atoms with Crippen molar-refractivity contribution in [2.24, 2.45) is 0 Å². The number of hydrogen-bond acceptors (Lipinski definition) is 5. The Morgan fingerprint density at radius 1 is 1.42 bits per heavy atom. The minimum Gasteiger partial charge on any atom is -0.464 e. The first kappa shape index (κ1) is 15.8. The molecular weight excluding hydrogens is 270 g/mol. The molecule has 1 aromatic rings. The molecule has 0 radical (unpaired) electrons. The van der Waals surface area contributed by atoms with Crippen molar-refractivity contribution < 1.29 is 19.4 Å². The molecular formula is C13H18ClNO4. The molecule has 0 heterocycles. The zero-order valence-corrected chi connectivity index (χ0v) is 11.8. The Hall–Kier alpha value is -1.30. The van der Waals surface area contributed by atoms with Gasteiger partial charge >= 0.3 is 5.97 Å². The van der Waals surface area contributed by atoms with Crippen LogP contribution in [0.15, 0.2) is 24.3 Å². The molecule has 0 aliphatic heterocycles. The Morgan fingerprint density at radius 2 is 2.16 bits per heavy atom. The lowest BCUT2D eigenvalue weighted by atomic mass is 10.3.